The van der Waals surface area contributed by atoms with Crippen LogP contribution in [0.3, 0.4) is 0 Å². The van der Waals surface area contributed by atoms with E-state index in [9.17, 15) is 13.2 Å². The van der Waals surface area contributed by atoms with Crippen molar-refractivity contribution in [1.29, 1.82) is 0 Å². The van der Waals surface area contributed by atoms with Gasteiger partial charge in [-0.2, -0.15) is 5.10 Å². The van der Waals surface area contributed by atoms with Crippen LogP contribution in [0, 0.1) is 13.8 Å². The van der Waals surface area contributed by atoms with Crippen LogP contribution in [0.25, 0.3) is 33.5 Å². The van der Waals surface area contributed by atoms with Crippen molar-refractivity contribution in [3.63, 3.8) is 0 Å². The number of para-hydroxylation sites is 1. The summed E-state index contributed by atoms with van der Waals surface area (Å²) in [4.78, 5) is 9.57. The quantitative estimate of drug-likeness (QED) is 0.138. The Morgan fingerprint density at radius 3 is 2.33 bits per heavy atom. The molecule has 0 unspecified atom stereocenters. The van der Waals surface area contributed by atoms with Crippen molar-refractivity contribution < 1.29 is 17.9 Å². The van der Waals surface area contributed by atoms with Crippen LogP contribution < -0.4 is 9.54 Å². The molecule has 0 amide bonds. The highest BCUT2D eigenvalue weighted by atomic mass is 32.1. The van der Waals surface area contributed by atoms with Gasteiger partial charge in [0, 0.05) is 22.5 Å². The third-order valence-electron chi connectivity index (χ3n) is 6.37. The highest BCUT2D eigenvalue weighted by Crippen LogP contribution is 2.28. The maximum Gasteiger partial charge on any atom is 0.573 e. The number of aryl methyl sites for hydroxylation is 2. The van der Waals surface area contributed by atoms with Gasteiger partial charge in [0.1, 0.15) is 17.1 Å². The van der Waals surface area contributed by atoms with E-state index in [0.29, 0.717) is 11.5 Å². The fourth-order valence-corrected chi connectivity index (χ4v) is 5.98. The molecule has 0 aliphatic heterocycles. The number of thiazole rings is 2. The predicted molar refractivity (Wildman–Crippen MR) is 161 cm³/mol. The normalized spacial score (nSPS) is 12.3. The lowest BCUT2D eigenvalue weighted by Gasteiger charge is -2.13. The first-order valence-electron chi connectivity index (χ1n) is 12.9. The monoisotopic (exact) mass is 617 g/mol. The fraction of sp³-hybridized carbons (Fsp3) is 0.100. The molecule has 0 saturated heterocycles. The van der Waals surface area contributed by atoms with Gasteiger partial charge in [0.15, 0.2) is 5.82 Å². The van der Waals surface area contributed by atoms with Crippen LogP contribution in [0.5, 0.6) is 5.75 Å². The smallest absolute Gasteiger partial charge is 0.406 e. The minimum atomic E-state index is -4.75. The van der Waals surface area contributed by atoms with Crippen LogP contribution in [0.15, 0.2) is 100 Å². The van der Waals surface area contributed by atoms with E-state index in [-0.39, 0.29) is 5.75 Å². The van der Waals surface area contributed by atoms with Crippen molar-refractivity contribution >= 4 is 28.9 Å². The van der Waals surface area contributed by atoms with E-state index in [0.717, 1.165) is 43.4 Å². The molecular formula is C30H22F3N7OS2. The molecule has 3 aromatic carbocycles. The summed E-state index contributed by atoms with van der Waals surface area (Å²) in [5.41, 5.74) is 6.43. The molecular weight excluding hydrogens is 596 g/mol. The van der Waals surface area contributed by atoms with Gasteiger partial charge in [-0.15, -0.1) is 46.0 Å². The maximum atomic E-state index is 12.4. The molecule has 3 aromatic heterocycles. The molecule has 0 spiro atoms. The van der Waals surface area contributed by atoms with E-state index in [2.05, 4.69) is 60.6 Å². The minimum absolute atomic E-state index is 0.306. The summed E-state index contributed by atoms with van der Waals surface area (Å²) in [7, 11) is 0. The number of hydrogen-bond acceptors (Lipinski definition) is 8. The molecule has 43 heavy (non-hydrogen) atoms. The van der Waals surface area contributed by atoms with E-state index in [4.69, 9.17) is 0 Å². The molecule has 0 saturated carbocycles. The number of benzene rings is 3. The predicted octanol–water partition coefficient (Wildman–Crippen LogP) is 7.36. The number of nitrogens with zero attached hydrogens (tertiary/aromatic N) is 7. The zero-order chi connectivity index (χ0) is 30.0. The standard InChI is InChI=1S/C30H22F3N7OS2/c1-19-4-3-5-20(2)26(19)40-25(28-34-14-15-42-28)17-43-29(40)37-36-16-21-6-8-22(9-7-21)27-35-18-39(38-27)23-10-12-24(13-11-23)41-30(31,32)33/h3-18H,1-2H3/b36-16+,37-29-. The van der Waals surface area contributed by atoms with E-state index in [1.165, 1.54) is 46.6 Å². The highest BCUT2D eigenvalue weighted by Gasteiger charge is 2.31. The molecule has 13 heteroatoms. The summed E-state index contributed by atoms with van der Waals surface area (Å²) in [6, 6.07) is 19.1. The van der Waals surface area contributed by atoms with Crippen molar-refractivity contribution in [3.8, 4) is 39.2 Å². The lowest BCUT2D eigenvalue weighted by Crippen LogP contribution is -2.17. The first kappa shape index (κ1) is 28.2. The van der Waals surface area contributed by atoms with Crippen LogP contribution in [0.1, 0.15) is 16.7 Å². The number of aromatic nitrogens is 5. The Bertz CT molecular complexity index is 1930. The first-order valence-corrected chi connectivity index (χ1v) is 14.6. The lowest BCUT2D eigenvalue weighted by molar-refractivity contribution is -0.274. The lowest BCUT2D eigenvalue weighted by atomic mass is 10.1. The van der Waals surface area contributed by atoms with Gasteiger partial charge in [0.05, 0.1) is 23.3 Å². The van der Waals surface area contributed by atoms with E-state index in [1.807, 2.05) is 41.1 Å². The van der Waals surface area contributed by atoms with Crippen LogP contribution >= 0.6 is 22.7 Å². The summed E-state index contributed by atoms with van der Waals surface area (Å²) < 4.78 is 44.8. The summed E-state index contributed by atoms with van der Waals surface area (Å²) in [6.07, 6.45) is 0.220. The second kappa shape index (κ2) is 11.8. The van der Waals surface area contributed by atoms with Crippen LogP contribution in [0.2, 0.25) is 0 Å². The molecule has 0 radical (unpaired) electrons. The summed E-state index contributed by atoms with van der Waals surface area (Å²) >= 11 is 3.07. The number of hydrogen-bond donors (Lipinski definition) is 0. The molecule has 0 atom stereocenters. The third kappa shape index (κ3) is 6.32. The Morgan fingerprint density at radius 2 is 1.65 bits per heavy atom. The Balaban J connectivity index is 1.22. The van der Waals surface area contributed by atoms with Crippen LogP contribution in [-0.2, 0) is 0 Å². The van der Waals surface area contributed by atoms with Crippen molar-refractivity contribution in [3.05, 3.63) is 112 Å². The fourth-order valence-electron chi connectivity index (χ4n) is 4.44. The topological polar surface area (TPSA) is 82.5 Å². The van der Waals surface area contributed by atoms with Gasteiger partial charge in [-0.05, 0) is 54.8 Å². The molecule has 8 nitrogen and oxygen atoms in total. The average molecular weight is 618 g/mol. The second-order valence-electron chi connectivity index (χ2n) is 9.34. The number of ether oxygens (including phenoxy) is 1. The van der Waals surface area contributed by atoms with E-state index in [1.54, 1.807) is 23.7 Å². The molecule has 3 heterocycles. The van der Waals surface area contributed by atoms with Crippen LogP contribution in [-0.4, -0.2) is 36.9 Å². The molecule has 216 valence electrons. The summed E-state index contributed by atoms with van der Waals surface area (Å²) in [5.74, 6) is 0.159. The van der Waals surface area contributed by atoms with Gasteiger partial charge in [0.25, 0.3) is 0 Å². The van der Waals surface area contributed by atoms with Gasteiger partial charge in [-0.1, -0.05) is 42.5 Å². The molecule has 0 bridgehead atoms. The molecule has 0 N–H and O–H groups in total. The van der Waals surface area contributed by atoms with Crippen molar-refractivity contribution in [1.82, 2.24) is 24.3 Å². The molecule has 0 aliphatic carbocycles. The van der Waals surface area contributed by atoms with Crippen LogP contribution in [0.4, 0.5) is 13.2 Å². The largest absolute Gasteiger partial charge is 0.573 e. The van der Waals surface area contributed by atoms with Gasteiger partial charge in [-0.3, -0.25) is 4.57 Å². The number of halogens is 3. The van der Waals surface area contributed by atoms with Crippen molar-refractivity contribution in [2.24, 2.45) is 10.2 Å². The second-order valence-corrected chi connectivity index (χ2v) is 11.1. The molecule has 0 fully saturated rings. The summed E-state index contributed by atoms with van der Waals surface area (Å²) in [5, 5.41) is 18.3. The molecule has 0 aliphatic rings. The first-order chi connectivity index (χ1) is 20.7. The Hall–Kier alpha value is -4.88. The van der Waals surface area contributed by atoms with E-state index < -0.39 is 6.36 Å². The van der Waals surface area contributed by atoms with Crippen molar-refractivity contribution in [2.75, 3.05) is 0 Å². The number of alkyl halides is 3. The highest BCUT2D eigenvalue weighted by molar-refractivity contribution is 7.13. The van der Waals surface area contributed by atoms with Crippen molar-refractivity contribution in [2.45, 2.75) is 20.2 Å². The maximum absolute atomic E-state index is 12.4. The SMILES string of the molecule is Cc1cccc(C)c1-n1c(-c2nccs2)cs/c1=N\N=C\c1ccc(-c2ncn(-c3ccc(OC(F)(F)F)cc3)n2)cc1. The Kier molecular flexibility index (Phi) is 7.74. The average Bonchev–Trinajstić information content (AvgIpc) is 3.75. The zero-order valence-corrected chi connectivity index (χ0v) is 24.4. The number of rotatable bonds is 7. The molecule has 6 aromatic rings. The van der Waals surface area contributed by atoms with E-state index >= 15 is 0 Å². The Labute approximate surface area is 251 Å². The zero-order valence-electron chi connectivity index (χ0n) is 22.7. The summed E-state index contributed by atoms with van der Waals surface area (Å²) in [6.45, 7) is 4.16. The van der Waals surface area contributed by atoms with Gasteiger partial charge < -0.3 is 4.74 Å². The van der Waals surface area contributed by atoms with Gasteiger partial charge >= 0.3 is 6.36 Å². The van der Waals surface area contributed by atoms with Gasteiger partial charge in [-0.25, -0.2) is 14.6 Å². The minimum Gasteiger partial charge on any atom is -0.406 e. The Morgan fingerprint density at radius 1 is 0.907 bits per heavy atom. The molecule has 6 rings (SSSR count). The third-order valence-corrected chi connectivity index (χ3v) is 7.98. The van der Waals surface area contributed by atoms with Gasteiger partial charge in [0.2, 0.25) is 4.80 Å².